The van der Waals surface area contributed by atoms with Gasteiger partial charge in [-0.1, -0.05) is 30.3 Å². The van der Waals surface area contributed by atoms with Crippen molar-refractivity contribution in [3.63, 3.8) is 0 Å². The fourth-order valence-corrected chi connectivity index (χ4v) is 2.69. The molecule has 0 saturated carbocycles. The Morgan fingerprint density at radius 3 is 2.52 bits per heavy atom. The van der Waals surface area contributed by atoms with Gasteiger partial charge in [0.15, 0.2) is 0 Å². The number of aromatic nitrogens is 1. The van der Waals surface area contributed by atoms with E-state index in [1.807, 2.05) is 30.3 Å². The van der Waals surface area contributed by atoms with Crippen LogP contribution in [0.25, 0.3) is 0 Å². The highest BCUT2D eigenvalue weighted by Gasteiger charge is 2.28. The molecule has 1 aromatic carbocycles. The molecule has 1 amide bonds. The van der Waals surface area contributed by atoms with Gasteiger partial charge in [-0.3, -0.25) is 4.79 Å². The number of hydrogen-bond donors (Lipinski definition) is 1. The van der Waals surface area contributed by atoms with Crippen molar-refractivity contribution in [2.75, 3.05) is 0 Å². The SMILES string of the molecule is Cc1ncsc1C(=O)N(Cc1ccccc1)C(C)C(=O)O. The zero-order chi connectivity index (χ0) is 15.4. The molecule has 0 aliphatic heterocycles. The number of nitrogens with zero attached hydrogens (tertiary/aromatic N) is 2. The van der Waals surface area contributed by atoms with Crippen LogP contribution in [-0.4, -0.2) is 32.9 Å². The van der Waals surface area contributed by atoms with Crippen molar-refractivity contribution in [2.24, 2.45) is 0 Å². The van der Waals surface area contributed by atoms with Crippen molar-refractivity contribution in [3.8, 4) is 0 Å². The molecule has 5 nitrogen and oxygen atoms in total. The molecule has 1 aromatic heterocycles. The first-order valence-electron chi connectivity index (χ1n) is 6.48. The van der Waals surface area contributed by atoms with Gasteiger partial charge in [0, 0.05) is 6.54 Å². The van der Waals surface area contributed by atoms with E-state index in [0.29, 0.717) is 10.6 Å². The molecule has 0 bridgehead atoms. The van der Waals surface area contributed by atoms with Gasteiger partial charge in [0.05, 0.1) is 11.2 Å². The average Bonchev–Trinajstić information content (AvgIpc) is 2.90. The number of thiazole rings is 1. The van der Waals surface area contributed by atoms with Crippen molar-refractivity contribution in [2.45, 2.75) is 26.4 Å². The number of amides is 1. The molecule has 0 radical (unpaired) electrons. The molecule has 0 fully saturated rings. The molecule has 0 aliphatic rings. The molecule has 2 rings (SSSR count). The van der Waals surface area contributed by atoms with Crippen LogP contribution in [0.3, 0.4) is 0 Å². The second-order valence-electron chi connectivity index (χ2n) is 4.70. The number of carbonyl (C=O) groups excluding carboxylic acids is 1. The Bertz CT molecular complexity index is 639. The molecule has 0 saturated heterocycles. The van der Waals surface area contributed by atoms with E-state index in [1.165, 1.54) is 23.2 Å². The van der Waals surface area contributed by atoms with Gasteiger partial charge < -0.3 is 10.0 Å². The fourth-order valence-electron chi connectivity index (χ4n) is 1.94. The van der Waals surface area contributed by atoms with E-state index in [-0.39, 0.29) is 12.5 Å². The monoisotopic (exact) mass is 304 g/mol. The summed E-state index contributed by atoms with van der Waals surface area (Å²) in [6, 6.07) is 8.44. The summed E-state index contributed by atoms with van der Waals surface area (Å²) < 4.78 is 0. The highest BCUT2D eigenvalue weighted by molar-refractivity contribution is 7.11. The Morgan fingerprint density at radius 2 is 2.00 bits per heavy atom. The third kappa shape index (κ3) is 3.46. The van der Waals surface area contributed by atoms with Crippen LogP contribution in [-0.2, 0) is 11.3 Å². The topological polar surface area (TPSA) is 70.5 Å². The molecule has 21 heavy (non-hydrogen) atoms. The lowest BCUT2D eigenvalue weighted by Crippen LogP contribution is -2.42. The molecule has 1 atom stereocenters. The predicted octanol–water partition coefficient (Wildman–Crippen LogP) is 2.57. The van der Waals surface area contributed by atoms with Gasteiger partial charge >= 0.3 is 5.97 Å². The average molecular weight is 304 g/mol. The second-order valence-corrected chi connectivity index (χ2v) is 5.55. The standard InChI is InChI=1S/C15H16N2O3S/c1-10-13(21-9-16-10)14(18)17(11(2)15(19)20)8-12-6-4-3-5-7-12/h3-7,9,11H,8H2,1-2H3,(H,19,20). The van der Waals surface area contributed by atoms with Gasteiger partial charge in [-0.15, -0.1) is 11.3 Å². The summed E-state index contributed by atoms with van der Waals surface area (Å²) in [7, 11) is 0. The third-order valence-corrected chi connectivity index (χ3v) is 4.14. The number of carboxylic acid groups (broad SMARTS) is 1. The maximum absolute atomic E-state index is 12.6. The molecule has 1 heterocycles. The normalized spacial score (nSPS) is 11.9. The maximum Gasteiger partial charge on any atom is 0.326 e. The minimum absolute atomic E-state index is 0.254. The van der Waals surface area contributed by atoms with E-state index >= 15 is 0 Å². The van der Waals surface area contributed by atoms with Crippen molar-refractivity contribution < 1.29 is 14.7 Å². The molecule has 1 unspecified atom stereocenters. The van der Waals surface area contributed by atoms with Crippen molar-refractivity contribution >= 4 is 23.2 Å². The number of carbonyl (C=O) groups is 2. The Balaban J connectivity index is 2.30. The van der Waals surface area contributed by atoms with E-state index in [0.717, 1.165) is 5.56 Å². The number of hydrogen-bond acceptors (Lipinski definition) is 4. The third-order valence-electron chi connectivity index (χ3n) is 3.22. The molecular weight excluding hydrogens is 288 g/mol. The molecule has 1 N–H and O–H groups in total. The first-order valence-corrected chi connectivity index (χ1v) is 7.36. The second kappa shape index (κ2) is 6.49. The highest BCUT2D eigenvalue weighted by Crippen LogP contribution is 2.19. The zero-order valence-electron chi connectivity index (χ0n) is 11.8. The Morgan fingerprint density at radius 1 is 1.33 bits per heavy atom. The Hall–Kier alpha value is -2.21. The fraction of sp³-hybridized carbons (Fsp3) is 0.267. The van der Waals surface area contributed by atoms with Crippen LogP contribution in [0.4, 0.5) is 0 Å². The van der Waals surface area contributed by atoms with Crippen LogP contribution >= 0.6 is 11.3 Å². The predicted molar refractivity (Wildman–Crippen MR) is 80.3 cm³/mol. The van der Waals surface area contributed by atoms with Gasteiger partial charge in [0.25, 0.3) is 5.91 Å². The molecular formula is C15H16N2O3S. The largest absolute Gasteiger partial charge is 0.480 e. The number of aliphatic carboxylic acids is 1. The summed E-state index contributed by atoms with van der Waals surface area (Å²) in [5.41, 5.74) is 3.11. The number of rotatable bonds is 5. The molecule has 2 aromatic rings. The summed E-state index contributed by atoms with van der Waals surface area (Å²) in [5, 5.41) is 9.24. The molecule has 6 heteroatoms. The zero-order valence-corrected chi connectivity index (χ0v) is 12.6. The molecule has 0 aliphatic carbocycles. The minimum atomic E-state index is -1.03. The van der Waals surface area contributed by atoms with Gasteiger partial charge in [0.1, 0.15) is 10.9 Å². The smallest absolute Gasteiger partial charge is 0.326 e. The van der Waals surface area contributed by atoms with E-state index in [9.17, 15) is 14.7 Å². The number of aryl methyl sites for hydroxylation is 1. The summed E-state index contributed by atoms with van der Waals surface area (Å²) in [5.74, 6) is -1.32. The first-order chi connectivity index (χ1) is 10.0. The minimum Gasteiger partial charge on any atom is -0.480 e. The first kappa shape index (κ1) is 15.2. The van der Waals surface area contributed by atoms with E-state index in [4.69, 9.17) is 0 Å². The lowest BCUT2D eigenvalue weighted by molar-refractivity contribution is -0.141. The molecule has 0 spiro atoms. The van der Waals surface area contributed by atoms with E-state index in [2.05, 4.69) is 4.98 Å². The Labute approximate surface area is 126 Å². The summed E-state index contributed by atoms with van der Waals surface area (Å²) >= 11 is 1.23. The van der Waals surface area contributed by atoms with Crippen molar-refractivity contribution in [1.82, 2.24) is 9.88 Å². The van der Waals surface area contributed by atoms with Gasteiger partial charge in [0.2, 0.25) is 0 Å². The van der Waals surface area contributed by atoms with Crippen LogP contribution < -0.4 is 0 Å². The van der Waals surface area contributed by atoms with Crippen molar-refractivity contribution in [1.29, 1.82) is 0 Å². The maximum atomic E-state index is 12.6. The van der Waals surface area contributed by atoms with Crippen LogP contribution in [0.2, 0.25) is 0 Å². The van der Waals surface area contributed by atoms with Crippen LogP contribution in [0.5, 0.6) is 0 Å². The molecule has 110 valence electrons. The van der Waals surface area contributed by atoms with Crippen LogP contribution in [0.15, 0.2) is 35.8 Å². The van der Waals surface area contributed by atoms with Crippen molar-refractivity contribution in [3.05, 3.63) is 52.0 Å². The van der Waals surface area contributed by atoms with Crippen LogP contribution in [0, 0.1) is 6.92 Å². The lowest BCUT2D eigenvalue weighted by Gasteiger charge is -2.26. The summed E-state index contributed by atoms with van der Waals surface area (Å²) in [6.45, 7) is 3.51. The quantitative estimate of drug-likeness (QED) is 0.921. The Kier molecular flexibility index (Phi) is 4.70. The lowest BCUT2D eigenvalue weighted by atomic mass is 10.1. The summed E-state index contributed by atoms with van der Waals surface area (Å²) in [4.78, 5) is 29.8. The van der Waals surface area contributed by atoms with Gasteiger partial charge in [-0.2, -0.15) is 0 Å². The number of carboxylic acids is 1. The number of benzene rings is 1. The van der Waals surface area contributed by atoms with Gasteiger partial charge in [-0.05, 0) is 19.4 Å². The van der Waals surface area contributed by atoms with E-state index in [1.54, 1.807) is 12.4 Å². The summed E-state index contributed by atoms with van der Waals surface area (Å²) in [6.07, 6.45) is 0. The van der Waals surface area contributed by atoms with Gasteiger partial charge in [-0.25, -0.2) is 9.78 Å². The van der Waals surface area contributed by atoms with Crippen LogP contribution in [0.1, 0.15) is 27.9 Å². The van der Waals surface area contributed by atoms with E-state index < -0.39 is 12.0 Å². The highest BCUT2D eigenvalue weighted by atomic mass is 32.1.